The van der Waals surface area contributed by atoms with E-state index < -0.39 is 0 Å². The lowest BCUT2D eigenvalue weighted by atomic mass is 9.79. The third-order valence-electron chi connectivity index (χ3n) is 4.77. The van der Waals surface area contributed by atoms with Crippen LogP contribution in [0.1, 0.15) is 55.2 Å². The lowest BCUT2D eigenvalue weighted by molar-refractivity contribution is 0.348. The summed E-state index contributed by atoms with van der Waals surface area (Å²) in [4.78, 5) is 0. The molecule has 3 rings (SSSR count). The Labute approximate surface area is 143 Å². The number of hydrogen-bond acceptors (Lipinski definition) is 2. The SMILES string of the molecule is C[C@H]1CC[C@H](c2ccc(C=NN=Cc3ccc(F)cc3)cc2)CC1. The highest BCUT2D eigenvalue weighted by molar-refractivity contribution is 5.82. The van der Waals surface area contributed by atoms with Crippen molar-refractivity contribution in [3.8, 4) is 0 Å². The Morgan fingerprint density at radius 2 is 1.29 bits per heavy atom. The molecule has 0 spiro atoms. The van der Waals surface area contributed by atoms with Gasteiger partial charge < -0.3 is 0 Å². The lowest BCUT2D eigenvalue weighted by Crippen LogP contribution is -2.10. The van der Waals surface area contributed by atoms with E-state index in [4.69, 9.17) is 0 Å². The maximum Gasteiger partial charge on any atom is 0.123 e. The number of rotatable bonds is 4. The first-order valence-electron chi connectivity index (χ1n) is 8.62. The van der Waals surface area contributed by atoms with Crippen molar-refractivity contribution in [2.24, 2.45) is 16.1 Å². The van der Waals surface area contributed by atoms with Crippen LogP contribution in [0.2, 0.25) is 0 Å². The van der Waals surface area contributed by atoms with Gasteiger partial charge in [0.15, 0.2) is 0 Å². The Hall–Kier alpha value is -2.29. The molecule has 124 valence electrons. The van der Waals surface area contributed by atoms with Gasteiger partial charge in [-0.1, -0.05) is 56.2 Å². The van der Waals surface area contributed by atoms with E-state index in [9.17, 15) is 4.39 Å². The molecule has 0 atom stereocenters. The highest BCUT2D eigenvalue weighted by Crippen LogP contribution is 2.35. The van der Waals surface area contributed by atoms with Gasteiger partial charge in [0.05, 0.1) is 12.4 Å². The minimum atomic E-state index is -0.247. The largest absolute Gasteiger partial charge is 0.207 e. The summed E-state index contributed by atoms with van der Waals surface area (Å²) in [7, 11) is 0. The smallest absolute Gasteiger partial charge is 0.123 e. The molecule has 2 nitrogen and oxygen atoms in total. The van der Waals surface area contributed by atoms with Gasteiger partial charge in [0.1, 0.15) is 5.82 Å². The summed E-state index contributed by atoms with van der Waals surface area (Å²) in [6, 6.07) is 14.8. The summed E-state index contributed by atoms with van der Waals surface area (Å²) < 4.78 is 12.8. The molecule has 1 aliphatic rings. The molecule has 1 aliphatic carbocycles. The molecular weight excluding hydrogens is 299 g/mol. The third kappa shape index (κ3) is 4.60. The predicted molar refractivity (Wildman–Crippen MR) is 98.4 cm³/mol. The molecule has 2 aromatic rings. The van der Waals surface area contributed by atoms with Gasteiger partial charge in [0.2, 0.25) is 0 Å². The summed E-state index contributed by atoms with van der Waals surface area (Å²) >= 11 is 0. The molecular formula is C21H23FN2. The molecule has 2 aromatic carbocycles. The van der Waals surface area contributed by atoms with Gasteiger partial charge in [-0.05, 0) is 53.5 Å². The van der Waals surface area contributed by atoms with Crippen molar-refractivity contribution in [1.29, 1.82) is 0 Å². The van der Waals surface area contributed by atoms with Crippen LogP contribution in [-0.4, -0.2) is 12.4 Å². The first kappa shape index (κ1) is 16.6. The molecule has 0 amide bonds. The Morgan fingerprint density at radius 3 is 1.83 bits per heavy atom. The second-order valence-electron chi connectivity index (χ2n) is 6.66. The first-order valence-corrected chi connectivity index (χ1v) is 8.62. The molecule has 0 heterocycles. The van der Waals surface area contributed by atoms with Crippen molar-refractivity contribution in [3.63, 3.8) is 0 Å². The standard InChI is InChI=1S/C21H23FN2/c1-16-2-8-19(9-3-16)20-10-4-17(5-11-20)14-23-24-15-18-6-12-21(22)13-7-18/h4-7,10-16,19H,2-3,8-9H2,1H3/t16-,19-. The Kier molecular flexibility index (Phi) is 5.52. The molecule has 1 saturated carbocycles. The van der Waals surface area contributed by atoms with Crippen LogP contribution in [0.4, 0.5) is 4.39 Å². The molecule has 0 saturated heterocycles. The van der Waals surface area contributed by atoms with Crippen LogP contribution in [0.3, 0.4) is 0 Å². The highest BCUT2D eigenvalue weighted by atomic mass is 19.1. The van der Waals surface area contributed by atoms with Gasteiger partial charge in [-0.25, -0.2) is 4.39 Å². The van der Waals surface area contributed by atoms with E-state index in [0.717, 1.165) is 17.0 Å². The number of nitrogens with zero attached hydrogens (tertiary/aromatic N) is 2. The van der Waals surface area contributed by atoms with E-state index in [-0.39, 0.29) is 5.82 Å². The summed E-state index contributed by atoms with van der Waals surface area (Å²) in [5.41, 5.74) is 3.31. The second-order valence-corrected chi connectivity index (χ2v) is 6.66. The zero-order valence-electron chi connectivity index (χ0n) is 14.0. The van der Waals surface area contributed by atoms with E-state index in [2.05, 4.69) is 41.4 Å². The molecule has 0 aliphatic heterocycles. The Morgan fingerprint density at radius 1 is 0.792 bits per heavy atom. The van der Waals surface area contributed by atoms with Gasteiger partial charge in [-0.15, -0.1) is 0 Å². The van der Waals surface area contributed by atoms with E-state index in [0.29, 0.717) is 5.92 Å². The zero-order chi connectivity index (χ0) is 16.8. The Bertz CT molecular complexity index is 694. The van der Waals surface area contributed by atoms with Crippen LogP contribution in [0, 0.1) is 11.7 Å². The molecule has 3 heteroatoms. The monoisotopic (exact) mass is 322 g/mol. The first-order chi connectivity index (χ1) is 11.7. The van der Waals surface area contributed by atoms with E-state index in [1.54, 1.807) is 24.6 Å². The average molecular weight is 322 g/mol. The minimum absolute atomic E-state index is 0.247. The van der Waals surface area contributed by atoms with Gasteiger partial charge in [0, 0.05) is 0 Å². The normalized spacial score (nSPS) is 21.6. The maximum absolute atomic E-state index is 12.8. The molecule has 24 heavy (non-hydrogen) atoms. The van der Waals surface area contributed by atoms with Crippen LogP contribution < -0.4 is 0 Å². The van der Waals surface area contributed by atoms with Gasteiger partial charge in [0.25, 0.3) is 0 Å². The molecule has 0 aromatic heterocycles. The summed E-state index contributed by atoms with van der Waals surface area (Å²) in [6.45, 7) is 2.35. The summed E-state index contributed by atoms with van der Waals surface area (Å²) in [5.74, 6) is 1.35. The zero-order valence-corrected chi connectivity index (χ0v) is 14.0. The molecule has 0 radical (unpaired) electrons. The van der Waals surface area contributed by atoms with Gasteiger partial charge in [-0.2, -0.15) is 10.2 Å². The van der Waals surface area contributed by atoms with Crippen LogP contribution in [0.25, 0.3) is 0 Å². The topological polar surface area (TPSA) is 24.7 Å². The average Bonchev–Trinajstić information content (AvgIpc) is 2.62. The van der Waals surface area contributed by atoms with Crippen LogP contribution in [-0.2, 0) is 0 Å². The van der Waals surface area contributed by atoms with Crippen molar-refractivity contribution in [3.05, 3.63) is 71.0 Å². The fourth-order valence-corrected chi connectivity index (χ4v) is 3.20. The van der Waals surface area contributed by atoms with Gasteiger partial charge >= 0.3 is 0 Å². The van der Waals surface area contributed by atoms with Crippen molar-refractivity contribution in [2.75, 3.05) is 0 Å². The van der Waals surface area contributed by atoms with Crippen LogP contribution in [0.15, 0.2) is 58.7 Å². The fourth-order valence-electron chi connectivity index (χ4n) is 3.20. The second kappa shape index (κ2) is 8.00. The number of halogens is 1. The van der Waals surface area contributed by atoms with Crippen LogP contribution in [0.5, 0.6) is 0 Å². The summed E-state index contributed by atoms with van der Waals surface area (Å²) in [6.07, 6.45) is 8.64. The maximum atomic E-state index is 12.8. The lowest BCUT2D eigenvalue weighted by Gasteiger charge is -2.26. The van der Waals surface area contributed by atoms with E-state index in [1.807, 2.05) is 0 Å². The predicted octanol–water partition coefficient (Wildman–Crippen LogP) is 5.57. The van der Waals surface area contributed by atoms with Crippen molar-refractivity contribution in [2.45, 2.75) is 38.5 Å². The quantitative estimate of drug-likeness (QED) is 0.519. The third-order valence-corrected chi connectivity index (χ3v) is 4.77. The van der Waals surface area contributed by atoms with Crippen molar-refractivity contribution in [1.82, 2.24) is 0 Å². The molecule has 0 bridgehead atoms. The molecule has 0 unspecified atom stereocenters. The van der Waals surface area contributed by atoms with Crippen molar-refractivity contribution < 1.29 is 4.39 Å². The minimum Gasteiger partial charge on any atom is -0.207 e. The molecule has 0 N–H and O–H groups in total. The number of hydrogen-bond donors (Lipinski definition) is 0. The molecule has 1 fully saturated rings. The van der Waals surface area contributed by atoms with E-state index >= 15 is 0 Å². The summed E-state index contributed by atoms with van der Waals surface area (Å²) in [5, 5.41) is 8.07. The van der Waals surface area contributed by atoms with Gasteiger partial charge in [-0.3, -0.25) is 0 Å². The fraction of sp³-hybridized carbons (Fsp3) is 0.333. The highest BCUT2D eigenvalue weighted by Gasteiger charge is 2.19. The van der Waals surface area contributed by atoms with Crippen molar-refractivity contribution >= 4 is 12.4 Å². The van der Waals surface area contributed by atoms with Crippen LogP contribution >= 0.6 is 0 Å². The van der Waals surface area contributed by atoms with E-state index in [1.165, 1.54) is 43.4 Å². The Balaban J connectivity index is 1.56. The number of benzene rings is 2.